The number of nitrogens with zero attached hydrogens (tertiary/aromatic N) is 4. The molecule has 0 saturated heterocycles. The van der Waals surface area contributed by atoms with Gasteiger partial charge >= 0.3 is 6.18 Å². The van der Waals surface area contributed by atoms with Crippen molar-refractivity contribution in [3.8, 4) is 11.5 Å². The fraction of sp³-hybridized carbons (Fsp3) is 0.0667. The zero-order valence-electron chi connectivity index (χ0n) is 13.2. The van der Waals surface area contributed by atoms with Crippen molar-refractivity contribution in [3.05, 3.63) is 53.9 Å². The Kier molecular flexibility index (Phi) is 4.62. The van der Waals surface area contributed by atoms with Gasteiger partial charge in [-0.1, -0.05) is 5.16 Å². The topological polar surface area (TPSA) is 122 Å². The van der Waals surface area contributed by atoms with Crippen LogP contribution in [0.2, 0.25) is 0 Å². The Balaban J connectivity index is 1.77. The highest BCUT2D eigenvalue weighted by atomic mass is 19.4. The lowest BCUT2D eigenvalue weighted by molar-refractivity contribution is -0.137. The van der Waals surface area contributed by atoms with Gasteiger partial charge in [-0.2, -0.15) is 13.2 Å². The van der Waals surface area contributed by atoms with Crippen LogP contribution in [-0.4, -0.2) is 26.0 Å². The predicted molar refractivity (Wildman–Crippen MR) is 84.7 cm³/mol. The average molecular weight is 382 g/mol. The van der Waals surface area contributed by atoms with Gasteiger partial charge in [-0.3, -0.25) is 4.98 Å². The first-order chi connectivity index (χ1) is 12.8. The Morgan fingerprint density at radius 3 is 2.52 bits per heavy atom. The highest BCUT2D eigenvalue weighted by Gasteiger charge is 2.30. The number of amidine groups is 1. The number of hydrogen-bond donors (Lipinski definition) is 3. The number of oxazole rings is 1. The molecule has 8 nitrogen and oxygen atoms in total. The van der Waals surface area contributed by atoms with Crippen LogP contribution in [0.25, 0.3) is 11.5 Å². The van der Waals surface area contributed by atoms with Crippen LogP contribution >= 0.6 is 0 Å². The van der Waals surface area contributed by atoms with E-state index in [2.05, 4.69) is 25.4 Å². The number of halogens is 4. The van der Waals surface area contributed by atoms with Crippen molar-refractivity contribution >= 4 is 17.5 Å². The first-order valence-electron chi connectivity index (χ1n) is 7.18. The van der Waals surface area contributed by atoms with E-state index in [0.29, 0.717) is 6.20 Å². The molecule has 3 aromatic rings. The van der Waals surface area contributed by atoms with E-state index in [-0.39, 0.29) is 28.9 Å². The van der Waals surface area contributed by atoms with Gasteiger partial charge in [-0.05, 0) is 12.1 Å². The Hall–Kier alpha value is -3.70. The molecule has 0 aromatic carbocycles. The molecule has 4 N–H and O–H groups in total. The maximum Gasteiger partial charge on any atom is 0.417 e. The van der Waals surface area contributed by atoms with E-state index in [1.807, 2.05) is 0 Å². The molecule has 0 aliphatic carbocycles. The minimum absolute atomic E-state index is 0.0653. The molecule has 0 atom stereocenters. The smallest absolute Gasteiger partial charge is 0.417 e. The summed E-state index contributed by atoms with van der Waals surface area (Å²) in [4.78, 5) is 11.3. The highest BCUT2D eigenvalue weighted by Crippen LogP contribution is 2.30. The lowest BCUT2D eigenvalue weighted by Crippen LogP contribution is -2.17. The molecule has 3 rings (SSSR count). The van der Waals surface area contributed by atoms with Gasteiger partial charge in [0.2, 0.25) is 0 Å². The van der Waals surface area contributed by atoms with Gasteiger partial charge in [0, 0.05) is 12.3 Å². The number of pyridine rings is 2. The minimum Gasteiger partial charge on any atom is -0.422 e. The van der Waals surface area contributed by atoms with Gasteiger partial charge in [0.25, 0.3) is 6.01 Å². The second-order valence-electron chi connectivity index (χ2n) is 5.12. The maximum absolute atomic E-state index is 13.9. The molecule has 0 aliphatic heterocycles. The third-order valence-corrected chi connectivity index (χ3v) is 3.29. The quantitative estimate of drug-likeness (QED) is 0.208. The molecule has 0 spiro atoms. The summed E-state index contributed by atoms with van der Waals surface area (Å²) in [7, 11) is 0. The summed E-state index contributed by atoms with van der Waals surface area (Å²) < 4.78 is 56.9. The molecule has 0 fully saturated rings. The number of nitrogens with two attached hydrogens (primary N) is 1. The average Bonchev–Trinajstić information content (AvgIpc) is 3.09. The van der Waals surface area contributed by atoms with Crippen LogP contribution < -0.4 is 11.1 Å². The molecule has 3 heterocycles. The summed E-state index contributed by atoms with van der Waals surface area (Å²) in [5.74, 6) is -1.25. The molecule has 140 valence electrons. The summed E-state index contributed by atoms with van der Waals surface area (Å²) in [6, 6.07) is 2.95. The van der Waals surface area contributed by atoms with Gasteiger partial charge in [0.15, 0.2) is 17.4 Å². The van der Waals surface area contributed by atoms with E-state index < -0.39 is 23.4 Å². The maximum atomic E-state index is 13.9. The predicted octanol–water partition coefficient (Wildman–Crippen LogP) is 3.13. The van der Waals surface area contributed by atoms with Crippen molar-refractivity contribution in [2.75, 3.05) is 5.32 Å². The van der Waals surface area contributed by atoms with E-state index >= 15 is 0 Å². The Labute approximate surface area is 148 Å². The summed E-state index contributed by atoms with van der Waals surface area (Å²) in [6.07, 6.45) is -1.38. The summed E-state index contributed by atoms with van der Waals surface area (Å²) in [5, 5.41) is 13.8. The van der Waals surface area contributed by atoms with Crippen molar-refractivity contribution in [1.29, 1.82) is 0 Å². The molecule has 3 aromatic heterocycles. The third-order valence-electron chi connectivity index (χ3n) is 3.29. The Morgan fingerprint density at radius 2 is 1.93 bits per heavy atom. The molecule has 12 heteroatoms. The number of anilines is 2. The van der Waals surface area contributed by atoms with Crippen LogP contribution in [-0.2, 0) is 6.18 Å². The van der Waals surface area contributed by atoms with Crippen LogP contribution in [0.5, 0.6) is 0 Å². The van der Waals surface area contributed by atoms with Gasteiger partial charge in [-0.15, -0.1) is 0 Å². The first kappa shape index (κ1) is 18.1. The van der Waals surface area contributed by atoms with Gasteiger partial charge < -0.3 is 20.7 Å². The first-order valence-corrected chi connectivity index (χ1v) is 7.18. The van der Waals surface area contributed by atoms with E-state index in [9.17, 15) is 17.6 Å². The van der Waals surface area contributed by atoms with Gasteiger partial charge in [-0.25, -0.2) is 14.4 Å². The molecule has 0 unspecified atom stereocenters. The lowest BCUT2D eigenvalue weighted by atomic mass is 10.2. The van der Waals surface area contributed by atoms with Crippen molar-refractivity contribution in [1.82, 2.24) is 15.0 Å². The number of aromatic nitrogens is 3. The molecule has 0 bridgehead atoms. The van der Waals surface area contributed by atoms with Crippen LogP contribution in [0.3, 0.4) is 0 Å². The monoisotopic (exact) mass is 382 g/mol. The molecular weight excluding hydrogens is 372 g/mol. The van der Waals surface area contributed by atoms with Crippen molar-refractivity contribution < 1.29 is 27.2 Å². The van der Waals surface area contributed by atoms with E-state index in [1.165, 1.54) is 12.4 Å². The number of rotatable bonds is 4. The summed E-state index contributed by atoms with van der Waals surface area (Å²) >= 11 is 0. The van der Waals surface area contributed by atoms with Crippen molar-refractivity contribution in [2.24, 2.45) is 10.9 Å². The number of alkyl halides is 3. The third kappa shape index (κ3) is 3.94. The van der Waals surface area contributed by atoms with Crippen molar-refractivity contribution in [2.45, 2.75) is 6.18 Å². The van der Waals surface area contributed by atoms with Crippen LogP contribution in [0, 0.1) is 5.82 Å². The standard InChI is InChI=1S/C15H10F4N6O2/c16-9-3-8(5-22-12(9)13(20)25-26)24-14-23-6-11(27-14)10-2-1-7(4-21-10)15(17,18)19/h1-6,26H,(H2,20,25)(H,23,24). The largest absolute Gasteiger partial charge is 0.422 e. The SMILES string of the molecule is NC(=NO)c1ncc(Nc2ncc(-c3ccc(C(F)(F)F)cn3)o2)cc1F. The lowest BCUT2D eigenvalue weighted by Gasteiger charge is -2.06. The van der Waals surface area contributed by atoms with Crippen LogP contribution in [0.15, 0.2) is 46.4 Å². The van der Waals surface area contributed by atoms with E-state index in [4.69, 9.17) is 15.4 Å². The number of oxime groups is 1. The zero-order chi connectivity index (χ0) is 19.6. The molecule has 0 radical (unpaired) electrons. The van der Waals surface area contributed by atoms with Crippen LogP contribution in [0.1, 0.15) is 11.3 Å². The normalized spacial score (nSPS) is 12.2. The molecule has 27 heavy (non-hydrogen) atoms. The van der Waals surface area contributed by atoms with Crippen LogP contribution in [0.4, 0.5) is 29.3 Å². The fourth-order valence-corrected chi connectivity index (χ4v) is 2.02. The second-order valence-corrected chi connectivity index (χ2v) is 5.12. The highest BCUT2D eigenvalue weighted by molar-refractivity contribution is 5.95. The van der Waals surface area contributed by atoms with E-state index in [0.717, 1.165) is 18.2 Å². The molecule has 0 amide bonds. The second kappa shape index (κ2) is 6.90. The van der Waals surface area contributed by atoms with E-state index in [1.54, 1.807) is 0 Å². The Bertz CT molecular complexity index is 985. The van der Waals surface area contributed by atoms with Gasteiger partial charge in [0.1, 0.15) is 11.4 Å². The molecule has 0 aliphatic rings. The summed E-state index contributed by atoms with van der Waals surface area (Å²) in [5.41, 5.74) is 4.32. The fourth-order valence-electron chi connectivity index (χ4n) is 2.02. The number of hydrogen-bond acceptors (Lipinski definition) is 7. The minimum atomic E-state index is -4.49. The molecular formula is C15H10F4N6O2. The zero-order valence-corrected chi connectivity index (χ0v) is 13.2. The van der Waals surface area contributed by atoms with Crippen molar-refractivity contribution in [3.63, 3.8) is 0 Å². The number of nitrogens with one attached hydrogen (secondary N) is 1. The Morgan fingerprint density at radius 1 is 1.15 bits per heavy atom. The summed E-state index contributed by atoms with van der Waals surface area (Å²) in [6.45, 7) is 0. The van der Waals surface area contributed by atoms with Gasteiger partial charge in [0.05, 0.1) is 23.6 Å². The molecule has 0 saturated carbocycles.